The fourth-order valence-electron chi connectivity index (χ4n) is 2.93. The molecule has 1 aliphatic heterocycles. The Morgan fingerprint density at radius 1 is 1.12 bits per heavy atom. The van der Waals surface area contributed by atoms with Crippen molar-refractivity contribution in [2.24, 2.45) is 0 Å². The highest BCUT2D eigenvalue weighted by Gasteiger charge is 2.26. The van der Waals surface area contributed by atoms with Crippen molar-refractivity contribution in [3.63, 3.8) is 0 Å². The molecule has 0 bridgehead atoms. The number of carbonyl (C=O) groups is 2. The zero-order valence-corrected chi connectivity index (χ0v) is 16.1. The standard InChI is InChI=1S/C19H19BrN2O4/c1-25-15-8-14(9-16(10-15)26-2)21-18(23)11-22-17-5-4-13(20)7-12(17)3-6-19(22)24/h4-5,7-10H,3,6,11H2,1-2H3,(H,21,23). The minimum absolute atomic E-state index is 0.0486. The normalized spacial score (nSPS) is 13.2. The number of nitrogens with one attached hydrogen (secondary N) is 1. The fraction of sp³-hybridized carbons (Fsp3) is 0.263. The molecule has 26 heavy (non-hydrogen) atoms. The number of ether oxygens (including phenoxy) is 2. The topological polar surface area (TPSA) is 67.9 Å². The van der Waals surface area contributed by atoms with E-state index in [1.807, 2.05) is 18.2 Å². The van der Waals surface area contributed by atoms with Crippen LogP contribution in [0.3, 0.4) is 0 Å². The number of rotatable bonds is 5. The zero-order chi connectivity index (χ0) is 18.7. The summed E-state index contributed by atoms with van der Waals surface area (Å²) in [7, 11) is 3.09. The van der Waals surface area contributed by atoms with Crippen molar-refractivity contribution in [2.45, 2.75) is 12.8 Å². The van der Waals surface area contributed by atoms with Gasteiger partial charge in [0, 0.05) is 40.5 Å². The Labute approximate surface area is 160 Å². The lowest BCUT2D eigenvalue weighted by Crippen LogP contribution is -2.40. The van der Waals surface area contributed by atoms with Crippen molar-refractivity contribution >= 4 is 39.1 Å². The third-order valence-corrected chi connectivity index (χ3v) is 4.67. The van der Waals surface area contributed by atoms with Crippen LogP contribution in [0.2, 0.25) is 0 Å². The summed E-state index contributed by atoms with van der Waals surface area (Å²) in [6, 6.07) is 10.8. The molecule has 0 fully saturated rings. The van der Waals surface area contributed by atoms with Crippen molar-refractivity contribution in [3.8, 4) is 11.5 Å². The number of aryl methyl sites for hydroxylation is 1. The van der Waals surface area contributed by atoms with E-state index in [0.717, 1.165) is 15.7 Å². The van der Waals surface area contributed by atoms with Gasteiger partial charge in [0.05, 0.1) is 14.2 Å². The van der Waals surface area contributed by atoms with Gasteiger partial charge in [-0.3, -0.25) is 9.59 Å². The maximum absolute atomic E-state index is 12.5. The first-order valence-electron chi connectivity index (χ1n) is 8.12. The van der Waals surface area contributed by atoms with E-state index >= 15 is 0 Å². The molecule has 0 radical (unpaired) electrons. The highest BCUT2D eigenvalue weighted by atomic mass is 79.9. The van der Waals surface area contributed by atoms with Crippen molar-refractivity contribution in [3.05, 3.63) is 46.4 Å². The van der Waals surface area contributed by atoms with Crippen LogP contribution < -0.4 is 19.7 Å². The van der Waals surface area contributed by atoms with Gasteiger partial charge >= 0.3 is 0 Å². The number of nitrogens with zero attached hydrogens (tertiary/aromatic N) is 1. The number of amides is 2. The lowest BCUT2D eigenvalue weighted by Gasteiger charge is -2.29. The summed E-state index contributed by atoms with van der Waals surface area (Å²) in [5.41, 5.74) is 2.38. The van der Waals surface area contributed by atoms with Crippen LogP contribution in [0.5, 0.6) is 11.5 Å². The summed E-state index contributed by atoms with van der Waals surface area (Å²) in [5, 5.41) is 2.80. The van der Waals surface area contributed by atoms with Crippen LogP contribution in [0.15, 0.2) is 40.9 Å². The molecular formula is C19H19BrN2O4. The predicted molar refractivity (Wildman–Crippen MR) is 103 cm³/mol. The summed E-state index contributed by atoms with van der Waals surface area (Å²) < 4.78 is 11.4. The monoisotopic (exact) mass is 418 g/mol. The first-order chi connectivity index (χ1) is 12.5. The first kappa shape index (κ1) is 18.3. The van der Waals surface area contributed by atoms with Gasteiger partial charge in [0.1, 0.15) is 18.0 Å². The Kier molecular flexibility index (Phi) is 5.46. The third kappa shape index (κ3) is 3.99. The van der Waals surface area contributed by atoms with E-state index in [1.165, 1.54) is 4.90 Å². The lowest BCUT2D eigenvalue weighted by molar-refractivity contribution is -0.121. The highest BCUT2D eigenvalue weighted by molar-refractivity contribution is 9.10. The Bertz CT molecular complexity index is 831. The molecule has 0 saturated heterocycles. The molecule has 7 heteroatoms. The number of benzene rings is 2. The number of hydrogen-bond acceptors (Lipinski definition) is 4. The Balaban J connectivity index is 1.77. The molecule has 2 amide bonds. The molecule has 0 saturated carbocycles. The maximum atomic E-state index is 12.5. The van der Waals surface area contributed by atoms with Crippen LogP contribution in [0, 0.1) is 0 Å². The van der Waals surface area contributed by atoms with Gasteiger partial charge in [-0.25, -0.2) is 0 Å². The first-order valence-corrected chi connectivity index (χ1v) is 8.91. The van der Waals surface area contributed by atoms with Crippen molar-refractivity contribution in [2.75, 3.05) is 31.0 Å². The second-order valence-corrected chi connectivity index (χ2v) is 6.82. The van der Waals surface area contributed by atoms with Crippen molar-refractivity contribution in [1.82, 2.24) is 0 Å². The Morgan fingerprint density at radius 3 is 2.46 bits per heavy atom. The summed E-state index contributed by atoms with van der Waals surface area (Å²) in [6.07, 6.45) is 1.07. The van der Waals surface area contributed by atoms with Gasteiger partial charge in [0.2, 0.25) is 11.8 Å². The van der Waals surface area contributed by atoms with Gasteiger partial charge in [0.15, 0.2) is 0 Å². The molecule has 0 spiro atoms. The number of hydrogen-bond donors (Lipinski definition) is 1. The van der Waals surface area contributed by atoms with E-state index in [9.17, 15) is 9.59 Å². The quantitative estimate of drug-likeness (QED) is 0.807. The van der Waals surface area contributed by atoms with Crippen LogP contribution in [-0.4, -0.2) is 32.6 Å². The molecule has 1 heterocycles. The van der Waals surface area contributed by atoms with Gasteiger partial charge in [-0.1, -0.05) is 15.9 Å². The highest BCUT2D eigenvalue weighted by Crippen LogP contribution is 2.30. The molecule has 0 unspecified atom stereocenters. The SMILES string of the molecule is COc1cc(NC(=O)CN2C(=O)CCc3cc(Br)ccc32)cc(OC)c1. The molecule has 1 aliphatic rings. The number of fused-ring (bicyclic) bond motifs is 1. The number of carbonyl (C=O) groups excluding carboxylic acids is 2. The number of halogens is 1. The molecule has 1 N–H and O–H groups in total. The van der Waals surface area contributed by atoms with E-state index in [2.05, 4.69) is 21.2 Å². The van der Waals surface area contributed by atoms with Crippen LogP contribution in [0.25, 0.3) is 0 Å². The molecule has 0 aliphatic carbocycles. The van der Waals surface area contributed by atoms with Crippen LogP contribution in [0.1, 0.15) is 12.0 Å². The average molecular weight is 419 g/mol. The Morgan fingerprint density at radius 2 is 1.81 bits per heavy atom. The molecule has 0 atom stereocenters. The molecule has 6 nitrogen and oxygen atoms in total. The van der Waals surface area contributed by atoms with E-state index in [4.69, 9.17) is 9.47 Å². The van der Waals surface area contributed by atoms with E-state index in [1.54, 1.807) is 32.4 Å². The third-order valence-electron chi connectivity index (χ3n) is 4.18. The Hall–Kier alpha value is -2.54. The summed E-state index contributed by atoms with van der Waals surface area (Å²) in [4.78, 5) is 26.4. The van der Waals surface area contributed by atoms with Gasteiger partial charge in [0.25, 0.3) is 0 Å². The molecule has 3 rings (SSSR count). The molecule has 136 valence electrons. The van der Waals surface area contributed by atoms with Crippen LogP contribution in [0.4, 0.5) is 11.4 Å². The summed E-state index contributed by atoms with van der Waals surface area (Å²) in [6.45, 7) is -0.0486. The summed E-state index contributed by atoms with van der Waals surface area (Å²) >= 11 is 3.44. The lowest BCUT2D eigenvalue weighted by atomic mass is 10.0. The smallest absolute Gasteiger partial charge is 0.244 e. The number of anilines is 2. The zero-order valence-electron chi connectivity index (χ0n) is 14.5. The van der Waals surface area contributed by atoms with Crippen LogP contribution >= 0.6 is 15.9 Å². The van der Waals surface area contributed by atoms with Gasteiger partial charge in [-0.05, 0) is 30.2 Å². The largest absolute Gasteiger partial charge is 0.497 e. The fourth-order valence-corrected chi connectivity index (χ4v) is 3.33. The predicted octanol–water partition coefficient (Wildman–Crippen LogP) is 3.38. The molecule has 0 aromatic heterocycles. The van der Waals surface area contributed by atoms with E-state index < -0.39 is 0 Å². The minimum Gasteiger partial charge on any atom is -0.497 e. The van der Waals surface area contributed by atoms with Gasteiger partial charge in [-0.2, -0.15) is 0 Å². The van der Waals surface area contributed by atoms with Crippen LogP contribution in [-0.2, 0) is 16.0 Å². The number of methoxy groups -OCH3 is 2. The second kappa shape index (κ2) is 7.78. The van der Waals surface area contributed by atoms with Gasteiger partial charge < -0.3 is 19.7 Å². The summed E-state index contributed by atoms with van der Waals surface area (Å²) in [5.74, 6) is 0.801. The molecular weight excluding hydrogens is 400 g/mol. The van der Waals surface area contributed by atoms with Gasteiger partial charge in [-0.15, -0.1) is 0 Å². The van der Waals surface area contributed by atoms with Crippen molar-refractivity contribution in [1.29, 1.82) is 0 Å². The van der Waals surface area contributed by atoms with Crippen molar-refractivity contribution < 1.29 is 19.1 Å². The van der Waals surface area contributed by atoms with E-state index in [0.29, 0.717) is 30.0 Å². The second-order valence-electron chi connectivity index (χ2n) is 5.90. The average Bonchev–Trinajstić information content (AvgIpc) is 2.63. The van der Waals surface area contributed by atoms with E-state index in [-0.39, 0.29) is 18.4 Å². The molecule has 2 aromatic rings. The maximum Gasteiger partial charge on any atom is 0.244 e. The molecule has 2 aromatic carbocycles. The minimum atomic E-state index is -0.288.